The average molecular weight is 249 g/mol. The lowest BCUT2D eigenvalue weighted by Gasteiger charge is -2.10. The van der Waals surface area contributed by atoms with E-state index >= 15 is 0 Å². The fraction of sp³-hybridized carbons (Fsp3) is 0.308. The SMILES string of the molecule is O=C(/C=C/c1cccs1)N[C@@H]1C=C[C@H](CO)C1. The van der Waals surface area contributed by atoms with Crippen molar-refractivity contribution in [1.29, 1.82) is 0 Å². The number of thiophene rings is 1. The first-order valence-corrected chi connectivity index (χ1v) is 6.47. The first-order chi connectivity index (χ1) is 8.28. The highest BCUT2D eigenvalue weighted by atomic mass is 32.1. The largest absolute Gasteiger partial charge is 0.396 e. The molecule has 1 aliphatic carbocycles. The smallest absolute Gasteiger partial charge is 0.244 e. The molecule has 0 radical (unpaired) electrons. The Hall–Kier alpha value is -1.39. The number of nitrogens with one attached hydrogen (secondary N) is 1. The quantitative estimate of drug-likeness (QED) is 0.631. The monoisotopic (exact) mass is 249 g/mol. The zero-order valence-electron chi connectivity index (χ0n) is 9.37. The molecule has 90 valence electrons. The van der Waals surface area contributed by atoms with Crippen LogP contribution in [-0.4, -0.2) is 23.7 Å². The maximum absolute atomic E-state index is 11.6. The molecule has 1 heterocycles. The number of carbonyl (C=O) groups excluding carboxylic acids is 1. The lowest BCUT2D eigenvalue weighted by atomic mass is 10.1. The van der Waals surface area contributed by atoms with Crippen molar-refractivity contribution in [2.45, 2.75) is 12.5 Å². The van der Waals surface area contributed by atoms with E-state index in [1.54, 1.807) is 17.4 Å². The van der Waals surface area contributed by atoms with Crippen LogP contribution >= 0.6 is 11.3 Å². The first-order valence-electron chi connectivity index (χ1n) is 5.59. The molecule has 0 fully saturated rings. The molecule has 0 unspecified atom stereocenters. The van der Waals surface area contributed by atoms with Gasteiger partial charge in [-0.05, 0) is 23.9 Å². The van der Waals surface area contributed by atoms with Crippen LogP contribution in [-0.2, 0) is 4.79 Å². The van der Waals surface area contributed by atoms with Crippen LogP contribution in [0.2, 0.25) is 0 Å². The van der Waals surface area contributed by atoms with Crippen molar-refractivity contribution in [3.63, 3.8) is 0 Å². The van der Waals surface area contributed by atoms with E-state index in [-0.39, 0.29) is 24.5 Å². The number of aliphatic hydroxyl groups is 1. The van der Waals surface area contributed by atoms with Gasteiger partial charge in [0.1, 0.15) is 0 Å². The van der Waals surface area contributed by atoms with Gasteiger partial charge in [0.05, 0.1) is 0 Å². The minimum atomic E-state index is -0.0911. The molecule has 1 aromatic heterocycles. The highest BCUT2D eigenvalue weighted by molar-refractivity contribution is 7.10. The summed E-state index contributed by atoms with van der Waals surface area (Å²) in [7, 11) is 0. The summed E-state index contributed by atoms with van der Waals surface area (Å²) in [6.45, 7) is 0.147. The van der Waals surface area contributed by atoms with Crippen LogP contribution in [0.1, 0.15) is 11.3 Å². The molecule has 2 atom stereocenters. The number of hydrogen-bond donors (Lipinski definition) is 2. The molecule has 0 saturated carbocycles. The Morgan fingerprint density at radius 2 is 2.47 bits per heavy atom. The van der Waals surface area contributed by atoms with Gasteiger partial charge in [-0.2, -0.15) is 0 Å². The van der Waals surface area contributed by atoms with Crippen LogP contribution in [0.25, 0.3) is 6.08 Å². The fourth-order valence-corrected chi connectivity index (χ4v) is 2.41. The third-order valence-electron chi connectivity index (χ3n) is 2.68. The molecule has 0 aromatic carbocycles. The normalized spacial score (nSPS) is 23.4. The maximum Gasteiger partial charge on any atom is 0.244 e. The van der Waals surface area contributed by atoms with Crippen molar-refractivity contribution in [2.24, 2.45) is 5.92 Å². The van der Waals surface area contributed by atoms with Gasteiger partial charge in [-0.1, -0.05) is 18.2 Å². The van der Waals surface area contributed by atoms with Gasteiger partial charge in [-0.15, -0.1) is 11.3 Å². The number of hydrogen-bond acceptors (Lipinski definition) is 3. The van der Waals surface area contributed by atoms with E-state index in [0.29, 0.717) is 0 Å². The highest BCUT2D eigenvalue weighted by Gasteiger charge is 2.18. The standard InChI is InChI=1S/C13H15NO2S/c15-9-10-3-4-11(8-10)14-13(16)6-5-12-2-1-7-17-12/h1-7,10-11,15H,8-9H2,(H,14,16)/b6-5+/t10-,11+/m0/s1. The van der Waals surface area contributed by atoms with Crippen molar-refractivity contribution in [2.75, 3.05) is 6.61 Å². The zero-order valence-corrected chi connectivity index (χ0v) is 10.2. The molecule has 1 amide bonds. The molecule has 1 aliphatic rings. The van der Waals surface area contributed by atoms with E-state index in [1.165, 1.54) is 0 Å². The van der Waals surface area contributed by atoms with E-state index in [2.05, 4.69) is 5.32 Å². The van der Waals surface area contributed by atoms with Crippen LogP contribution in [0.4, 0.5) is 0 Å². The summed E-state index contributed by atoms with van der Waals surface area (Å²) in [5.41, 5.74) is 0. The van der Waals surface area contributed by atoms with Crippen LogP contribution in [0.5, 0.6) is 0 Å². The Kier molecular flexibility index (Phi) is 4.12. The Morgan fingerprint density at radius 3 is 3.12 bits per heavy atom. The summed E-state index contributed by atoms with van der Waals surface area (Å²) in [6, 6.07) is 3.96. The van der Waals surface area contributed by atoms with Gasteiger partial charge >= 0.3 is 0 Å². The van der Waals surface area contributed by atoms with E-state index in [4.69, 9.17) is 5.11 Å². The molecular formula is C13H15NO2S. The first kappa shape index (κ1) is 12.1. The van der Waals surface area contributed by atoms with Gasteiger partial charge in [0.2, 0.25) is 5.91 Å². The number of aliphatic hydroxyl groups excluding tert-OH is 1. The van der Waals surface area contributed by atoms with Crippen LogP contribution < -0.4 is 5.32 Å². The van der Waals surface area contributed by atoms with Crippen molar-refractivity contribution in [1.82, 2.24) is 5.32 Å². The molecule has 0 spiro atoms. The van der Waals surface area contributed by atoms with Crippen molar-refractivity contribution in [3.8, 4) is 0 Å². The van der Waals surface area contributed by atoms with E-state index in [9.17, 15) is 4.79 Å². The minimum Gasteiger partial charge on any atom is -0.396 e. The predicted molar refractivity (Wildman–Crippen MR) is 69.6 cm³/mol. The summed E-state index contributed by atoms with van der Waals surface area (Å²) < 4.78 is 0. The Labute approximate surface area is 104 Å². The summed E-state index contributed by atoms with van der Waals surface area (Å²) >= 11 is 1.60. The minimum absolute atomic E-state index is 0.0487. The molecular weight excluding hydrogens is 234 g/mol. The molecule has 0 bridgehead atoms. The summed E-state index contributed by atoms with van der Waals surface area (Å²) in [5.74, 6) is 0.0909. The topological polar surface area (TPSA) is 49.3 Å². The molecule has 0 aliphatic heterocycles. The molecule has 0 saturated heterocycles. The lowest BCUT2D eigenvalue weighted by molar-refractivity contribution is -0.116. The third-order valence-corrected chi connectivity index (χ3v) is 3.51. The number of carbonyl (C=O) groups is 1. The summed E-state index contributed by atoms with van der Waals surface area (Å²) in [5, 5.41) is 13.8. The van der Waals surface area contributed by atoms with Crippen LogP contribution in [0.3, 0.4) is 0 Å². The van der Waals surface area contributed by atoms with Gasteiger partial charge in [0.25, 0.3) is 0 Å². The molecule has 1 aromatic rings. The average Bonchev–Trinajstić information content (AvgIpc) is 2.97. The van der Waals surface area contributed by atoms with Gasteiger partial charge in [-0.3, -0.25) is 4.79 Å². The van der Waals surface area contributed by atoms with Crippen LogP contribution in [0.15, 0.2) is 35.7 Å². The Morgan fingerprint density at radius 1 is 1.59 bits per heavy atom. The lowest BCUT2D eigenvalue weighted by Crippen LogP contribution is -2.31. The number of amides is 1. The highest BCUT2D eigenvalue weighted by Crippen LogP contribution is 2.17. The van der Waals surface area contributed by atoms with Gasteiger partial charge < -0.3 is 10.4 Å². The number of rotatable bonds is 4. The van der Waals surface area contributed by atoms with Gasteiger partial charge in [0, 0.05) is 29.5 Å². The van der Waals surface area contributed by atoms with E-state index in [0.717, 1.165) is 11.3 Å². The van der Waals surface area contributed by atoms with Gasteiger partial charge in [0.15, 0.2) is 0 Å². The fourth-order valence-electron chi connectivity index (χ4n) is 1.79. The molecule has 17 heavy (non-hydrogen) atoms. The summed E-state index contributed by atoms with van der Waals surface area (Å²) in [6.07, 6.45) is 8.04. The second kappa shape index (κ2) is 5.80. The molecule has 3 nitrogen and oxygen atoms in total. The summed E-state index contributed by atoms with van der Waals surface area (Å²) in [4.78, 5) is 12.7. The van der Waals surface area contributed by atoms with Crippen molar-refractivity contribution in [3.05, 3.63) is 40.6 Å². The van der Waals surface area contributed by atoms with Gasteiger partial charge in [-0.25, -0.2) is 0 Å². The van der Waals surface area contributed by atoms with Crippen molar-refractivity contribution < 1.29 is 9.90 Å². The maximum atomic E-state index is 11.6. The molecule has 2 rings (SSSR count). The Balaban J connectivity index is 1.80. The molecule has 2 N–H and O–H groups in total. The van der Waals surface area contributed by atoms with Crippen molar-refractivity contribution >= 4 is 23.3 Å². The van der Waals surface area contributed by atoms with Crippen LogP contribution in [0, 0.1) is 5.92 Å². The zero-order chi connectivity index (χ0) is 12.1. The second-order valence-corrected chi connectivity index (χ2v) is 5.01. The molecule has 4 heteroatoms. The van der Waals surface area contributed by atoms with E-state index < -0.39 is 0 Å². The predicted octanol–water partition coefficient (Wildman–Crippen LogP) is 1.81. The van der Waals surface area contributed by atoms with E-state index in [1.807, 2.05) is 35.7 Å². The Bertz CT molecular complexity index is 423. The second-order valence-electron chi connectivity index (χ2n) is 4.03. The third kappa shape index (κ3) is 3.54.